The summed E-state index contributed by atoms with van der Waals surface area (Å²) >= 11 is 0. The van der Waals surface area contributed by atoms with Crippen LogP contribution < -0.4 is 5.69 Å². The molecule has 1 aromatic heterocycles. The van der Waals surface area contributed by atoms with Crippen molar-refractivity contribution in [2.45, 2.75) is 38.3 Å². The minimum atomic E-state index is -0.0135. The Morgan fingerprint density at radius 3 is 3.06 bits per heavy atom. The van der Waals surface area contributed by atoms with Gasteiger partial charge in [0.05, 0.1) is 0 Å². The van der Waals surface area contributed by atoms with Gasteiger partial charge in [-0.05, 0) is 25.8 Å². The molecule has 5 nitrogen and oxygen atoms in total. The fourth-order valence-electron chi connectivity index (χ4n) is 2.70. The first-order chi connectivity index (χ1) is 8.81. The Hall–Kier alpha value is -1.07. The fourth-order valence-corrected chi connectivity index (χ4v) is 2.70. The van der Waals surface area contributed by atoms with E-state index in [2.05, 4.69) is 9.88 Å². The van der Waals surface area contributed by atoms with Gasteiger partial charge in [0.2, 0.25) is 0 Å². The zero-order valence-corrected chi connectivity index (χ0v) is 11.1. The SMILES string of the molecule is COCC[C@@H]1CCCCN1CCn1cc[nH]c1=O. The molecule has 0 radical (unpaired) electrons. The molecule has 1 N–H and O–H groups in total. The van der Waals surface area contributed by atoms with Crippen molar-refractivity contribution < 1.29 is 4.74 Å². The van der Waals surface area contributed by atoms with Gasteiger partial charge in [-0.1, -0.05) is 6.42 Å². The Labute approximate surface area is 108 Å². The molecule has 0 aromatic carbocycles. The number of hydrogen-bond donors (Lipinski definition) is 1. The second-order valence-electron chi connectivity index (χ2n) is 4.93. The first kappa shape index (κ1) is 13.4. The summed E-state index contributed by atoms with van der Waals surface area (Å²) in [4.78, 5) is 16.6. The van der Waals surface area contributed by atoms with Crippen LogP contribution in [0.1, 0.15) is 25.7 Å². The topological polar surface area (TPSA) is 50.3 Å². The minimum absolute atomic E-state index is 0.0135. The lowest BCUT2D eigenvalue weighted by molar-refractivity contribution is 0.0997. The van der Waals surface area contributed by atoms with Crippen LogP contribution in [-0.4, -0.2) is 47.3 Å². The second-order valence-corrected chi connectivity index (χ2v) is 4.93. The van der Waals surface area contributed by atoms with E-state index in [4.69, 9.17) is 4.74 Å². The third-order valence-electron chi connectivity index (χ3n) is 3.75. The quantitative estimate of drug-likeness (QED) is 0.825. The number of nitrogens with zero attached hydrogens (tertiary/aromatic N) is 2. The highest BCUT2D eigenvalue weighted by Gasteiger charge is 2.21. The molecular formula is C13H23N3O2. The van der Waals surface area contributed by atoms with Crippen LogP contribution in [0.5, 0.6) is 0 Å². The van der Waals surface area contributed by atoms with Crippen LogP contribution in [0.15, 0.2) is 17.2 Å². The van der Waals surface area contributed by atoms with Gasteiger partial charge in [0.1, 0.15) is 0 Å². The van der Waals surface area contributed by atoms with Gasteiger partial charge in [0.15, 0.2) is 0 Å². The monoisotopic (exact) mass is 253 g/mol. The van der Waals surface area contributed by atoms with Crippen molar-refractivity contribution in [3.05, 3.63) is 22.9 Å². The van der Waals surface area contributed by atoms with E-state index < -0.39 is 0 Å². The first-order valence-corrected chi connectivity index (χ1v) is 6.78. The summed E-state index contributed by atoms with van der Waals surface area (Å²) in [6, 6.07) is 0.619. The van der Waals surface area contributed by atoms with Crippen LogP contribution in [0.25, 0.3) is 0 Å². The Morgan fingerprint density at radius 1 is 1.44 bits per heavy atom. The zero-order chi connectivity index (χ0) is 12.8. The summed E-state index contributed by atoms with van der Waals surface area (Å²) in [6.07, 6.45) is 8.45. The second kappa shape index (κ2) is 6.75. The van der Waals surface area contributed by atoms with Crippen molar-refractivity contribution in [3.8, 4) is 0 Å². The number of aromatic nitrogens is 2. The van der Waals surface area contributed by atoms with E-state index in [1.807, 2.05) is 6.20 Å². The van der Waals surface area contributed by atoms with Crippen molar-refractivity contribution in [2.75, 3.05) is 26.8 Å². The molecule has 0 saturated carbocycles. The molecule has 1 aliphatic heterocycles. The number of rotatable bonds is 6. The normalized spacial score (nSPS) is 21.3. The Kier molecular flexibility index (Phi) is 5.01. The van der Waals surface area contributed by atoms with Crippen molar-refractivity contribution in [3.63, 3.8) is 0 Å². The molecule has 2 rings (SSSR count). The number of hydrogen-bond acceptors (Lipinski definition) is 3. The summed E-state index contributed by atoms with van der Waals surface area (Å²) < 4.78 is 6.91. The Balaban J connectivity index is 1.85. The van der Waals surface area contributed by atoms with E-state index in [0.717, 1.165) is 32.7 Å². The van der Waals surface area contributed by atoms with E-state index in [-0.39, 0.29) is 5.69 Å². The molecule has 0 spiro atoms. The molecule has 1 fully saturated rings. The lowest BCUT2D eigenvalue weighted by Gasteiger charge is -2.35. The van der Waals surface area contributed by atoms with Gasteiger partial charge in [-0.25, -0.2) is 4.79 Å². The van der Waals surface area contributed by atoms with Crippen molar-refractivity contribution in [1.29, 1.82) is 0 Å². The lowest BCUT2D eigenvalue weighted by Crippen LogP contribution is -2.42. The molecule has 0 aliphatic carbocycles. The average Bonchev–Trinajstić information content (AvgIpc) is 2.80. The van der Waals surface area contributed by atoms with Gasteiger partial charge in [-0.3, -0.25) is 9.47 Å². The summed E-state index contributed by atoms with van der Waals surface area (Å²) in [6.45, 7) is 3.69. The van der Waals surface area contributed by atoms with Crippen LogP contribution in [0, 0.1) is 0 Å². The van der Waals surface area contributed by atoms with Crippen molar-refractivity contribution in [2.24, 2.45) is 0 Å². The van der Waals surface area contributed by atoms with Gasteiger partial charge < -0.3 is 9.72 Å². The number of aromatic amines is 1. The van der Waals surface area contributed by atoms with E-state index in [9.17, 15) is 4.79 Å². The number of H-pyrrole nitrogens is 1. The van der Waals surface area contributed by atoms with E-state index in [1.54, 1.807) is 17.9 Å². The average molecular weight is 253 g/mol. The number of likely N-dealkylation sites (tertiary alicyclic amines) is 1. The minimum Gasteiger partial charge on any atom is -0.385 e. The largest absolute Gasteiger partial charge is 0.385 e. The summed E-state index contributed by atoms with van der Waals surface area (Å²) in [5, 5.41) is 0. The maximum absolute atomic E-state index is 11.4. The molecule has 0 bridgehead atoms. The molecule has 1 aliphatic rings. The maximum Gasteiger partial charge on any atom is 0.325 e. The van der Waals surface area contributed by atoms with Crippen LogP contribution in [0.4, 0.5) is 0 Å². The Bertz CT molecular complexity index is 399. The van der Waals surface area contributed by atoms with Gasteiger partial charge in [0, 0.05) is 45.2 Å². The molecule has 1 atom stereocenters. The van der Waals surface area contributed by atoms with E-state index in [0.29, 0.717) is 6.04 Å². The molecule has 2 heterocycles. The summed E-state index contributed by atoms with van der Waals surface area (Å²) in [5.41, 5.74) is -0.0135. The van der Waals surface area contributed by atoms with Crippen molar-refractivity contribution >= 4 is 0 Å². The van der Waals surface area contributed by atoms with E-state index in [1.165, 1.54) is 19.3 Å². The van der Waals surface area contributed by atoms with Gasteiger partial charge in [0.25, 0.3) is 0 Å². The highest BCUT2D eigenvalue weighted by Crippen LogP contribution is 2.19. The van der Waals surface area contributed by atoms with Gasteiger partial charge in [-0.2, -0.15) is 0 Å². The lowest BCUT2D eigenvalue weighted by atomic mass is 10.00. The van der Waals surface area contributed by atoms with Gasteiger partial charge in [-0.15, -0.1) is 0 Å². The molecule has 1 saturated heterocycles. The highest BCUT2D eigenvalue weighted by atomic mass is 16.5. The first-order valence-electron chi connectivity index (χ1n) is 6.78. The van der Waals surface area contributed by atoms with Gasteiger partial charge >= 0.3 is 5.69 Å². The number of methoxy groups -OCH3 is 1. The maximum atomic E-state index is 11.4. The van der Waals surface area contributed by atoms with Crippen LogP contribution in [0.3, 0.4) is 0 Å². The number of piperidine rings is 1. The van der Waals surface area contributed by atoms with Crippen LogP contribution in [0.2, 0.25) is 0 Å². The summed E-state index contributed by atoms with van der Waals surface area (Å²) in [5.74, 6) is 0. The third kappa shape index (κ3) is 3.46. The zero-order valence-electron chi connectivity index (χ0n) is 11.1. The van der Waals surface area contributed by atoms with Crippen LogP contribution in [-0.2, 0) is 11.3 Å². The molecule has 1 aromatic rings. The van der Waals surface area contributed by atoms with E-state index >= 15 is 0 Å². The standard InChI is InChI=1S/C13H23N3O2/c1-18-11-5-12-4-2-3-7-15(12)9-10-16-8-6-14-13(16)17/h6,8,12H,2-5,7,9-11H2,1H3,(H,14,17)/t12-/m0/s1. The van der Waals surface area contributed by atoms with Crippen molar-refractivity contribution in [1.82, 2.24) is 14.5 Å². The molecule has 102 valence electrons. The molecule has 5 heteroatoms. The highest BCUT2D eigenvalue weighted by molar-refractivity contribution is 4.80. The predicted octanol–water partition coefficient (Wildman–Crippen LogP) is 1.07. The number of nitrogens with one attached hydrogen (secondary N) is 1. The smallest absolute Gasteiger partial charge is 0.325 e. The molecular weight excluding hydrogens is 230 g/mol. The number of ether oxygens (including phenoxy) is 1. The van der Waals surface area contributed by atoms with Crippen LogP contribution >= 0.6 is 0 Å². The summed E-state index contributed by atoms with van der Waals surface area (Å²) in [7, 11) is 1.76. The Morgan fingerprint density at radius 2 is 2.33 bits per heavy atom. The predicted molar refractivity (Wildman–Crippen MR) is 70.8 cm³/mol. The number of imidazole rings is 1. The molecule has 0 unspecified atom stereocenters. The third-order valence-corrected chi connectivity index (χ3v) is 3.75. The molecule has 0 amide bonds. The molecule has 18 heavy (non-hydrogen) atoms. The fraction of sp³-hybridized carbons (Fsp3) is 0.769.